The van der Waals surface area contributed by atoms with Gasteiger partial charge in [0.05, 0.1) is 29.9 Å². The second kappa shape index (κ2) is 8.57. The van der Waals surface area contributed by atoms with Gasteiger partial charge in [0.2, 0.25) is 0 Å². The number of benzene rings is 1. The molecule has 4 N–H and O–H groups in total. The van der Waals surface area contributed by atoms with Crippen LogP contribution in [0.25, 0.3) is 0 Å². The fraction of sp³-hybridized carbons (Fsp3) is 0.600. The highest BCUT2D eigenvalue weighted by Crippen LogP contribution is 2.35. The van der Waals surface area contributed by atoms with E-state index in [2.05, 4.69) is 26.3 Å². The maximum Gasteiger partial charge on any atom is 0.255 e. The summed E-state index contributed by atoms with van der Waals surface area (Å²) in [6, 6.07) is 3.91. The quantitative estimate of drug-likeness (QED) is 0.559. The first-order chi connectivity index (χ1) is 13.6. The number of hydrogen-bond donors (Lipinski definition) is 4. The van der Waals surface area contributed by atoms with E-state index in [1.54, 1.807) is 19.2 Å². The van der Waals surface area contributed by atoms with Crippen LogP contribution < -0.4 is 26.0 Å². The molecule has 1 aromatic rings. The molecular weight excluding hydrogens is 378 g/mol. The summed E-state index contributed by atoms with van der Waals surface area (Å²) < 4.78 is 5.49. The van der Waals surface area contributed by atoms with Gasteiger partial charge >= 0.3 is 0 Å². The van der Waals surface area contributed by atoms with Gasteiger partial charge in [-0.15, -0.1) is 0 Å². The van der Waals surface area contributed by atoms with Crippen LogP contribution in [0, 0.1) is 5.92 Å². The zero-order valence-corrected chi connectivity index (χ0v) is 16.9. The van der Waals surface area contributed by atoms with Gasteiger partial charge in [-0.2, -0.15) is 0 Å². The van der Waals surface area contributed by atoms with Crippen molar-refractivity contribution in [2.75, 3.05) is 32.1 Å². The molecule has 2 atom stereocenters. The van der Waals surface area contributed by atoms with E-state index in [1.807, 2.05) is 0 Å². The monoisotopic (exact) mass is 405 g/mol. The van der Waals surface area contributed by atoms with Crippen molar-refractivity contribution < 1.29 is 9.53 Å². The highest BCUT2D eigenvalue weighted by atomic mass is 35.5. The first-order valence-corrected chi connectivity index (χ1v) is 10.5. The predicted octanol–water partition coefficient (Wildman–Crippen LogP) is 2.37. The first kappa shape index (κ1) is 19.3. The van der Waals surface area contributed by atoms with E-state index in [9.17, 15) is 4.79 Å². The Kier molecular flexibility index (Phi) is 5.92. The van der Waals surface area contributed by atoms with E-state index in [0.29, 0.717) is 34.0 Å². The predicted molar refractivity (Wildman–Crippen MR) is 112 cm³/mol. The standard InChI is InChI=1S/C20H28ClN5O2/c1-28-18-11-16(26-20-23-7-8-24-20)14(21)10-13(18)19(27)25-17(9-12-4-5-12)15-3-2-6-22-15/h10-12,15,17,22H,2-9H2,1H3,(H,25,27)(H2,23,24,26). The zero-order valence-electron chi connectivity index (χ0n) is 16.2. The minimum atomic E-state index is -0.138. The Morgan fingerprint density at radius 1 is 1.36 bits per heavy atom. The topological polar surface area (TPSA) is 86.8 Å². The van der Waals surface area contributed by atoms with Crippen LogP contribution in [0.3, 0.4) is 0 Å². The largest absolute Gasteiger partial charge is 0.496 e. The van der Waals surface area contributed by atoms with Crippen LogP contribution in [0.15, 0.2) is 17.1 Å². The average molecular weight is 406 g/mol. The first-order valence-electron chi connectivity index (χ1n) is 10.1. The van der Waals surface area contributed by atoms with Crippen LogP contribution in [0.2, 0.25) is 5.02 Å². The van der Waals surface area contributed by atoms with Crippen molar-refractivity contribution in [2.24, 2.45) is 10.9 Å². The molecule has 1 saturated heterocycles. The lowest BCUT2D eigenvalue weighted by molar-refractivity contribution is 0.0922. The van der Waals surface area contributed by atoms with Crippen LogP contribution >= 0.6 is 11.6 Å². The van der Waals surface area contributed by atoms with Crippen LogP contribution in [0.5, 0.6) is 5.75 Å². The molecule has 1 aliphatic carbocycles. The van der Waals surface area contributed by atoms with Gasteiger partial charge in [0.25, 0.3) is 5.91 Å². The number of halogens is 1. The number of amides is 1. The van der Waals surface area contributed by atoms with Crippen LogP contribution in [0.4, 0.5) is 5.69 Å². The molecule has 0 radical (unpaired) electrons. The summed E-state index contributed by atoms with van der Waals surface area (Å²) in [5, 5.41) is 13.5. The van der Waals surface area contributed by atoms with Crippen molar-refractivity contribution in [3.05, 3.63) is 22.7 Å². The molecule has 0 aromatic heterocycles. The van der Waals surface area contributed by atoms with E-state index in [0.717, 1.165) is 44.8 Å². The molecule has 1 saturated carbocycles. The lowest BCUT2D eigenvalue weighted by Crippen LogP contribution is -2.47. The number of aliphatic imine (C=N–C) groups is 1. The van der Waals surface area contributed by atoms with Crippen molar-refractivity contribution in [1.82, 2.24) is 16.0 Å². The van der Waals surface area contributed by atoms with E-state index in [-0.39, 0.29) is 11.9 Å². The van der Waals surface area contributed by atoms with Gasteiger partial charge < -0.3 is 26.0 Å². The number of anilines is 1. The average Bonchev–Trinajstić information content (AvgIpc) is 3.13. The summed E-state index contributed by atoms with van der Waals surface area (Å²) in [5.41, 5.74) is 1.12. The number of nitrogens with zero attached hydrogens (tertiary/aromatic N) is 1. The maximum atomic E-state index is 13.1. The zero-order chi connectivity index (χ0) is 19.5. The normalized spacial score (nSPS) is 22.4. The van der Waals surface area contributed by atoms with Crippen molar-refractivity contribution in [1.29, 1.82) is 0 Å². The third kappa shape index (κ3) is 4.52. The molecule has 8 heteroatoms. The summed E-state index contributed by atoms with van der Waals surface area (Å²) in [6.07, 6.45) is 5.84. The molecule has 152 valence electrons. The highest BCUT2D eigenvalue weighted by Gasteiger charge is 2.33. The van der Waals surface area contributed by atoms with Gasteiger partial charge in [0.1, 0.15) is 5.75 Å². The highest BCUT2D eigenvalue weighted by molar-refractivity contribution is 6.34. The Bertz CT molecular complexity index is 759. The minimum Gasteiger partial charge on any atom is -0.496 e. The van der Waals surface area contributed by atoms with E-state index in [4.69, 9.17) is 16.3 Å². The summed E-state index contributed by atoms with van der Waals surface area (Å²) in [6.45, 7) is 2.56. The Labute approximate surface area is 170 Å². The van der Waals surface area contributed by atoms with Crippen LogP contribution in [-0.2, 0) is 0 Å². The number of hydrogen-bond acceptors (Lipinski definition) is 6. The number of methoxy groups -OCH3 is 1. The number of nitrogens with one attached hydrogen (secondary N) is 4. The Morgan fingerprint density at radius 3 is 2.86 bits per heavy atom. The summed E-state index contributed by atoms with van der Waals surface area (Å²) in [4.78, 5) is 17.4. The van der Waals surface area contributed by atoms with E-state index >= 15 is 0 Å². The minimum absolute atomic E-state index is 0.138. The third-order valence-electron chi connectivity index (χ3n) is 5.65. The molecule has 2 fully saturated rings. The molecule has 2 heterocycles. The fourth-order valence-corrected chi connectivity index (χ4v) is 4.15. The number of rotatable bonds is 7. The van der Waals surface area contributed by atoms with Crippen LogP contribution in [0.1, 0.15) is 42.5 Å². The molecule has 1 aromatic carbocycles. The number of carbonyl (C=O) groups excluding carboxylic acids is 1. The molecule has 2 aliphatic heterocycles. The molecule has 0 bridgehead atoms. The smallest absolute Gasteiger partial charge is 0.255 e. The van der Waals surface area contributed by atoms with Crippen LogP contribution in [-0.4, -0.2) is 50.7 Å². The molecule has 28 heavy (non-hydrogen) atoms. The van der Waals surface area contributed by atoms with E-state index < -0.39 is 0 Å². The molecule has 2 unspecified atom stereocenters. The molecule has 0 spiro atoms. The third-order valence-corrected chi connectivity index (χ3v) is 5.96. The van der Waals surface area contributed by atoms with E-state index in [1.165, 1.54) is 12.8 Å². The second-order valence-corrected chi connectivity index (χ2v) is 8.18. The summed E-state index contributed by atoms with van der Waals surface area (Å²) in [7, 11) is 1.56. The summed E-state index contributed by atoms with van der Waals surface area (Å²) >= 11 is 6.45. The van der Waals surface area contributed by atoms with Crippen molar-refractivity contribution >= 4 is 29.2 Å². The van der Waals surface area contributed by atoms with Gasteiger partial charge in [0, 0.05) is 24.7 Å². The van der Waals surface area contributed by atoms with Gasteiger partial charge in [-0.3, -0.25) is 9.79 Å². The van der Waals surface area contributed by atoms with Gasteiger partial charge in [-0.05, 0) is 37.8 Å². The Morgan fingerprint density at radius 2 is 2.21 bits per heavy atom. The summed E-state index contributed by atoms with van der Waals surface area (Å²) in [5.74, 6) is 1.77. The Hall–Kier alpha value is -1.99. The van der Waals surface area contributed by atoms with Gasteiger partial charge in [-0.25, -0.2) is 0 Å². The van der Waals surface area contributed by atoms with Crippen molar-refractivity contribution in [3.63, 3.8) is 0 Å². The number of carbonyl (C=O) groups is 1. The molecule has 7 nitrogen and oxygen atoms in total. The lowest BCUT2D eigenvalue weighted by Gasteiger charge is -2.25. The SMILES string of the molecule is COc1cc(NC2=NCCN2)c(Cl)cc1C(=O)NC(CC1CC1)C1CCCN1. The number of ether oxygens (including phenoxy) is 1. The molecule has 3 aliphatic rings. The molecular formula is C20H28ClN5O2. The maximum absolute atomic E-state index is 13.1. The van der Waals surface area contributed by atoms with Crippen molar-refractivity contribution in [3.8, 4) is 5.75 Å². The fourth-order valence-electron chi connectivity index (χ4n) is 3.94. The van der Waals surface area contributed by atoms with Crippen molar-refractivity contribution in [2.45, 2.75) is 44.2 Å². The number of guanidine groups is 1. The molecule has 4 rings (SSSR count). The van der Waals surface area contributed by atoms with Gasteiger partial charge in [0.15, 0.2) is 5.96 Å². The van der Waals surface area contributed by atoms with Gasteiger partial charge in [-0.1, -0.05) is 24.4 Å². The Balaban J connectivity index is 1.50. The lowest BCUT2D eigenvalue weighted by atomic mass is 9.99. The second-order valence-electron chi connectivity index (χ2n) is 7.78. The molecule has 1 amide bonds.